The maximum Gasteiger partial charge on any atom is 0.317 e. The van der Waals surface area contributed by atoms with Crippen molar-refractivity contribution >= 4 is 5.91 Å². The molecule has 1 aliphatic rings. The molecule has 2 aromatic rings. The molecule has 0 saturated heterocycles. The predicted molar refractivity (Wildman–Crippen MR) is 92.7 cm³/mol. The van der Waals surface area contributed by atoms with Crippen LogP contribution in [0.2, 0.25) is 0 Å². The molecule has 0 radical (unpaired) electrons. The molecule has 1 atom stereocenters. The quantitative estimate of drug-likeness (QED) is 0.886. The van der Waals surface area contributed by atoms with Crippen LogP contribution >= 0.6 is 0 Å². The van der Waals surface area contributed by atoms with E-state index in [-0.39, 0.29) is 18.1 Å². The van der Waals surface area contributed by atoms with Crippen molar-refractivity contribution in [2.45, 2.75) is 51.7 Å². The Morgan fingerprint density at radius 1 is 1.29 bits per heavy atom. The normalized spacial score (nSPS) is 15.4. The number of ether oxygens (including phenoxy) is 1. The molecule has 0 bridgehead atoms. The molecule has 1 unspecified atom stereocenters. The Morgan fingerprint density at radius 2 is 2.04 bits per heavy atom. The van der Waals surface area contributed by atoms with Gasteiger partial charge in [-0.2, -0.15) is 4.98 Å². The number of hydrogen-bond acceptors (Lipinski definition) is 4. The van der Waals surface area contributed by atoms with Gasteiger partial charge in [0, 0.05) is 24.7 Å². The molecule has 5 heteroatoms. The maximum absolute atomic E-state index is 11.1. The van der Waals surface area contributed by atoms with Crippen LogP contribution in [-0.4, -0.2) is 28.0 Å². The van der Waals surface area contributed by atoms with Gasteiger partial charge < -0.3 is 10.1 Å². The highest BCUT2D eigenvalue weighted by atomic mass is 16.5. The Balaban J connectivity index is 1.66. The van der Waals surface area contributed by atoms with Gasteiger partial charge in [0.1, 0.15) is 6.10 Å². The zero-order chi connectivity index (χ0) is 16.9. The standard InChI is InChI=1S/C19H23N3O2/c1-13(21-14(2)23)12-15-6-8-16(9-7-15)18-10-11-20-19(22-18)24-17-4-3-5-17/h6-11,13,17H,3-5,12H2,1-2H3,(H,21,23). The number of carbonyl (C=O) groups is 1. The smallest absolute Gasteiger partial charge is 0.317 e. The van der Waals surface area contributed by atoms with Gasteiger partial charge in [0.05, 0.1) is 5.69 Å². The van der Waals surface area contributed by atoms with E-state index in [2.05, 4.69) is 27.4 Å². The molecule has 1 aliphatic carbocycles. The van der Waals surface area contributed by atoms with E-state index < -0.39 is 0 Å². The number of carbonyl (C=O) groups excluding carboxylic acids is 1. The van der Waals surface area contributed by atoms with Crippen LogP contribution in [-0.2, 0) is 11.2 Å². The summed E-state index contributed by atoms with van der Waals surface area (Å²) in [5.41, 5.74) is 3.08. The first-order valence-corrected chi connectivity index (χ1v) is 8.46. The highest BCUT2D eigenvalue weighted by molar-refractivity contribution is 5.73. The van der Waals surface area contributed by atoms with Crippen LogP contribution in [0.5, 0.6) is 6.01 Å². The molecule has 1 fully saturated rings. The van der Waals surface area contributed by atoms with Gasteiger partial charge in [-0.05, 0) is 44.2 Å². The summed E-state index contributed by atoms with van der Waals surface area (Å²) >= 11 is 0. The molecular formula is C19H23N3O2. The molecule has 126 valence electrons. The van der Waals surface area contributed by atoms with Crippen molar-refractivity contribution in [3.8, 4) is 17.3 Å². The first-order valence-electron chi connectivity index (χ1n) is 8.46. The molecule has 1 N–H and O–H groups in total. The van der Waals surface area contributed by atoms with Crippen LogP contribution in [0.25, 0.3) is 11.3 Å². The Labute approximate surface area is 142 Å². The van der Waals surface area contributed by atoms with Gasteiger partial charge in [0.25, 0.3) is 0 Å². The zero-order valence-electron chi connectivity index (χ0n) is 14.2. The van der Waals surface area contributed by atoms with E-state index in [4.69, 9.17) is 4.74 Å². The highest BCUT2D eigenvalue weighted by Crippen LogP contribution is 2.25. The van der Waals surface area contributed by atoms with Crippen molar-refractivity contribution in [3.63, 3.8) is 0 Å². The lowest BCUT2D eigenvalue weighted by atomic mass is 9.96. The van der Waals surface area contributed by atoms with E-state index in [1.807, 2.05) is 25.1 Å². The number of rotatable bonds is 6. The summed E-state index contributed by atoms with van der Waals surface area (Å²) in [5, 5.41) is 2.90. The number of nitrogens with zero attached hydrogens (tertiary/aromatic N) is 2. The summed E-state index contributed by atoms with van der Waals surface area (Å²) < 4.78 is 5.76. The fourth-order valence-electron chi connectivity index (χ4n) is 2.76. The number of benzene rings is 1. The molecule has 0 spiro atoms. The molecule has 1 aromatic carbocycles. The third-order valence-electron chi connectivity index (χ3n) is 4.20. The fourth-order valence-corrected chi connectivity index (χ4v) is 2.76. The van der Waals surface area contributed by atoms with E-state index in [0.29, 0.717) is 6.01 Å². The van der Waals surface area contributed by atoms with Crippen molar-refractivity contribution < 1.29 is 9.53 Å². The highest BCUT2D eigenvalue weighted by Gasteiger charge is 2.20. The van der Waals surface area contributed by atoms with E-state index in [0.717, 1.165) is 30.5 Å². The monoisotopic (exact) mass is 325 g/mol. The molecule has 5 nitrogen and oxygen atoms in total. The number of nitrogens with one attached hydrogen (secondary N) is 1. The van der Waals surface area contributed by atoms with Crippen LogP contribution in [0, 0.1) is 0 Å². The Kier molecular flexibility index (Phi) is 5.08. The van der Waals surface area contributed by atoms with Crippen LogP contribution in [0.4, 0.5) is 0 Å². The van der Waals surface area contributed by atoms with E-state index in [9.17, 15) is 4.79 Å². The minimum atomic E-state index is -0.000835. The fraction of sp³-hybridized carbons (Fsp3) is 0.421. The van der Waals surface area contributed by atoms with Crippen molar-refractivity contribution in [2.75, 3.05) is 0 Å². The minimum Gasteiger partial charge on any atom is -0.460 e. The summed E-state index contributed by atoms with van der Waals surface area (Å²) in [5.74, 6) is -0.000835. The topological polar surface area (TPSA) is 64.1 Å². The summed E-state index contributed by atoms with van der Waals surface area (Å²) in [6.07, 6.45) is 6.23. The number of aromatic nitrogens is 2. The van der Waals surface area contributed by atoms with Gasteiger partial charge in [-0.15, -0.1) is 0 Å². The Hall–Kier alpha value is -2.43. The second-order valence-corrected chi connectivity index (χ2v) is 6.40. The molecule has 1 saturated carbocycles. The zero-order valence-corrected chi connectivity index (χ0v) is 14.2. The summed E-state index contributed by atoms with van der Waals surface area (Å²) in [7, 11) is 0. The summed E-state index contributed by atoms with van der Waals surface area (Å²) in [4.78, 5) is 19.8. The first-order chi connectivity index (χ1) is 11.6. The molecule has 1 aromatic heterocycles. The van der Waals surface area contributed by atoms with Crippen LogP contribution < -0.4 is 10.1 Å². The number of amides is 1. The van der Waals surface area contributed by atoms with Crippen molar-refractivity contribution in [1.82, 2.24) is 15.3 Å². The van der Waals surface area contributed by atoms with Crippen molar-refractivity contribution in [2.24, 2.45) is 0 Å². The van der Waals surface area contributed by atoms with E-state index >= 15 is 0 Å². The minimum absolute atomic E-state index is 0.000835. The maximum atomic E-state index is 11.1. The summed E-state index contributed by atoms with van der Waals surface area (Å²) in [6, 6.07) is 10.7. The van der Waals surface area contributed by atoms with Gasteiger partial charge in [-0.1, -0.05) is 24.3 Å². The lowest BCUT2D eigenvalue weighted by molar-refractivity contribution is -0.119. The van der Waals surface area contributed by atoms with Crippen molar-refractivity contribution in [3.05, 3.63) is 42.1 Å². The largest absolute Gasteiger partial charge is 0.460 e. The third kappa shape index (κ3) is 4.31. The van der Waals surface area contributed by atoms with Crippen molar-refractivity contribution in [1.29, 1.82) is 0 Å². The molecule has 3 rings (SSSR count). The van der Waals surface area contributed by atoms with Crippen LogP contribution in [0.3, 0.4) is 0 Å². The lowest BCUT2D eigenvalue weighted by Gasteiger charge is -2.25. The molecule has 1 amide bonds. The predicted octanol–water partition coefficient (Wildman–Crippen LogP) is 3.14. The molecule has 0 aliphatic heterocycles. The van der Waals surface area contributed by atoms with Gasteiger partial charge in [-0.3, -0.25) is 4.79 Å². The van der Waals surface area contributed by atoms with Gasteiger partial charge in [0.15, 0.2) is 0 Å². The second kappa shape index (κ2) is 7.43. The SMILES string of the molecule is CC(=O)NC(C)Cc1ccc(-c2ccnc(OC3CCC3)n2)cc1. The van der Waals surface area contributed by atoms with Gasteiger partial charge >= 0.3 is 6.01 Å². The average Bonchev–Trinajstić information content (AvgIpc) is 2.51. The number of hydrogen-bond donors (Lipinski definition) is 1. The van der Waals surface area contributed by atoms with Crippen LogP contribution in [0.1, 0.15) is 38.7 Å². The molecule has 1 heterocycles. The average molecular weight is 325 g/mol. The second-order valence-electron chi connectivity index (χ2n) is 6.40. The molecule has 24 heavy (non-hydrogen) atoms. The van der Waals surface area contributed by atoms with E-state index in [1.54, 1.807) is 6.20 Å². The van der Waals surface area contributed by atoms with Crippen LogP contribution in [0.15, 0.2) is 36.5 Å². The Bertz CT molecular complexity index is 696. The van der Waals surface area contributed by atoms with Gasteiger partial charge in [-0.25, -0.2) is 4.98 Å². The molecular weight excluding hydrogens is 302 g/mol. The third-order valence-corrected chi connectivity index (χ3v) is 4.20. The Morgan fingerprint density at radius 3 is 2.67 bits per heavy atom. The van der Waals surface area contributed by atoms with Gasteiger partial charge in [0.2, 0.25) is 5.91 Å². The first kappa shape index (κ1) is 16.4. The summed E-state index contributed by atoms with van der Waals surface area (Å²) in [6.45, 7) is 3.54. The lowest BCUT2D eigenvalue weighted by Crippen LogP contribution is -2.31. The van der Waals surface area contributed by atoms with E-state index in [1.165, 1.54) is 18.9 Å².